The molecular weight excluding hydrogens is 276 g/mol. The fourth-order valence-electron chi connectivity index (χ4n) is 3.75. The van der Waals surface area contributed by atoms with Crippen molar-refractivity contribution in [2.75, 3.05) is 0 Å². The molecule has 1 aliphatic rings. The molecule has 0 amide bonds. The van der Waals surface area contributed by atoms with E-state index < -0.39 is 0 Å². The quantitative estimate of drug-likeness (QED) is 0.197. The Hall–Kier alpha value is -0.260. The van der Waals surface area contributed by atoms with E-state index in [9.17, 15) is 0 Å². The standard InChI is InChI=1S/C23H43/c1-2-3-4-5-6-7-8-9-10-11-12-13-14-15-16-17-20-23-21-18-19-22-23/h9-10H,2-8,11-22H2,1H3/b10-9+. The predicted octanol–water partition coefficient (Wildman–Crippen LogP) is 8.56. The van der Waals surface area contributed by atoms with Gasteiger partial charge in [0, 0.05) is 0 Å². The molecule has 1 aliphatic carbocycles. The van der Waals surface area contributed by atoms with Crippen LogP contribution in [0.5, 0.6) is 0 Å². The van der Waals surface area contributed by atoms with Gasteiger partial charge >= 0.3 is 0 Å². The smallest absolute Gasteiger partial charge is 0.0241 e. The van der Waals surface area contributed by atoms with Gasteiger partial charge in [0.15, 0.2) is 0 Å². The van der Waals surface area contributed by atoms with Crippen molar-refractivity contribution < 1.29 is 0 Å². The summed E-state index contributed by atoms with van der Waals surface area (Å²) >= 11 is 0. The Morgan fingerprint density at radius 2 is 1.09 bits per heavy atom. The maximum absolute atomic E-state index is 2.43. The summed E-state index contributed by atoms with van der Waals surface area (Å²) < 4.78 is 0. The molecule has 135 valence electrons. The fraction of sp³-hybridized carbons (Fsp3) is 0.870. The summed E-state index contributed by atoms with van der Waals surface area (Å²) in [6, 6.07) is 0. The molecule has 1 radical (unpaired) electrons. The highest BCUT2D eigenvalue weighted by Crippen LogP contribution is 2.31. The zero-order valence-electron chi connectivity index (χ0n) is 16.1. The number of hydrogen-bond donors (Lipinski definition) is 0. The average molecular weight is 320 g/mol. The number of allylic oxidation sites excluding steroid dienone is 2. The lowest BCUT2D eigenvalue weighted by atomic mass is 9.99. The Labute approximate surface area is 147 Å². The first kappa shape index (κ1) is 20.8. The molecule has 1 saturated carbocycles. The summed E-state index contributed by atoms with van der Waals surface area (Å²) in [6.07, 6.45) is 32.0. The molecule has 0 heterocycles. The van der Waals surface area contributed by atoms with Crippen molar-refractivity contribution in [2.24, 2.45) is 0 Å². The van der Waals surface area contributed by atoms with Crippen LogP contribution in [-0.4, -0.2) is 0 Å². The molecule has 0 nitrogen and oxygen atoms in total. The fourth-order valence-corrected chi connectivity index (χ4v) is 3.75. The van der Waals surface area contributed by atoms with E-state index in [0.29, 0.717) is 0 Å². The average Bonchev–Trinajstić information content (AvgIpc) is 3.08. The molecule has 0 aromatic carbocycles. The second-order valence-electron chi connectivity index (χ2n) is 7.64. The zero-order chi connectivity index (χ0) is 16.4. The Morgan fingerprint density at radius 1 is 0.609 bits per heavy atom. The highest BCUT2D eigenvalue weighted by molar-refractivity contribution is 4.93. The van der Waals surface area contributed by atoms with Crippen LogP contribution in [0.4, 0.5) is 0 Å². The van der Waals surface area contributed by atoms with E-state index in [1.165, 1.54) is 122 Å². The third-order valence-corrected chi connectivity index (χ3v) is 5.35. The predicted molar refractivity (Wildman–Crippen MR) is 106 cm³/mol. The Kier molecular flexibility index (Phi) is 15.0. The van der Waals surface area contributed by atoms with E-state index in [2.05, 4.69) is 19.1 Å². The molecule has 0 saturated heterocycles. The molecule has 0 N–H and O–H groups in total. The minimum Gasteiger partial charge on any atom is -0.0885 e. The molecule has 0 atom stereocenters. The van der Waals surface area contributed by atoms with Crippen molar-refractivity contribution >= 4 is 0 Å². The van der Waals surface area contributed by atoms with Crippen LogP contribution in [-0.2, 0) is 0 Å². The molecule has 0 unspecified atom stereocenters. The molecule has 0 aliphatic heterocycles. The van der Waals surface area contributed by atoms with Gasteiger partial charge < -0.3 is 0 Å². The molecule has 0 spiro atoms. The molecule has 1 fully saturated rings. The van der Waals surface area contributed by atoms with Gasteiger partial charge in [-0.1, -0.05) is 96.1 Å². The van der Waals surface area contributed by atoms with E-state index >= 15 is 0 Å². The SMILES string of the molecule is CCCCCCCC/C=C/CCCCCCCC[C]1CCCC1. The topological polar surface area (TPSA) is 0 Å². The molecule has 0 heteroatoms. The van der Waals surface area contributed by atoms with Gasteiger partial charge in [-0.25, -0.2) is 0 Å². The lowest BCUT2D eigenvalue weighted by Crippen LogP contribution is -1.90. The Balaban J connectivity index is 1.69. The largest absolute Gasteiger partial charge is 0.0885 e. The zero-order valence-corrected chi connectivity index (χ0v) is 16.1. The number of hydrogen-bond acceptors (Lipinski definition) is 0. The summed E-state index contributed by atoms with van der Waals surface area (Å²) in [5.41, 5.74) is 0. The Morgan fingerprint density at radius 3 is 1.65 bits per heavy atom. The van der Waals surface area contributed by atoms with Crippen LogP contribution in [0.1, 0.15) is 129 Å². The first-order valence-corrected chi connectivity index (χ1v) is 10.9. The van der Waals surface area contributed by atoms with Crippen LogP contribution >= 0.6 is 0 Å². The second-order valence-corrected chi connectivity index (χ2v) is 7.64. The minimum absolute atomic E-state index is 1.31. The van der Waals surface area contributed by atoms with Crippen molar-refractivity contribution in [3.8, 4) is 0 Å². The molecule has 0 aromatic rings. The maximum atomic E-state index is 2.43. The molecule has 1 rings (SSSR count). The van der Waals surface area contributed by atoms with Gasteiger partial charge in [0.05, 0.1) is 0 Å². The summed E-state index contributed by atoms with van der Waals surface area (Å²) in [7, 11) is 0. The van der Waals surface area contributed by atoms with Crippen molar-refractivity contribution in [1.82, 2.24) is 0 Å². The van der Waals surface area contributed by atoms with Gasteiger partial charge in [-0.2, -0.15) is 0 Å². The number of unbranched alkanes of at least 4 members (excludes halogenated alkanes) is 12. The molecule has 23 heavy (non-hydrogen) atoms. The van der Waals surface area contributed by atoms with Crippen molar-refractivity contribution in [3.05, 3.63) is 18.1 Å². The van der Waals surface area contributed by atoms with Crippen LogP contribution in [0.25, 0.3) is 0 Å². The third-order valence-electron chi connectivity index (χ3n) is 5.35. The summed E-state index contributed by atoms with van der Waals surface area (Å²) in [5, 5.41) is 0. The Bertz CT molecular complexity index is 247. The second kappa shape index (κ2) is 16.6. The van der Waals surface area contributed by atoms with Crippen LogP contribution in [0, 0.1) is 5.92 Å². The van der Waals surface area contributed by atoms with Gasteiger partial charge in [0.1, 0.15) is 0 Å². The van der Waals surface area contributed by atoms with Crippen molar-refractivity contribution in [1.29, 1.82) is 0 Å². The van der Waals surface area contributed by atoms with Gasteiger partial charge in [-0.05, 0) is 50.9 Å². The summed E-state index contributed by atoms with van der Waals surface area (Å²) in [4.78, 5) is 0. The summed E-state index contributed by atoms with van der Waals surface area (Å²) in [6.45, 7) is 2.29. The van der Waals surface area contributed by atoms with Crippen LogP contribution in [0.2, 0.25) is 0 Å². The van der Waals surface area contributed by atoms with Crippen LogP contribution in [0.15, 0.2) is 12.2 Å². The molecule has 0 bridgehead atoms. The first-order valence-electron chi connectivity index (χ1n) is 10.9. The first-order chi connectivity index (χ1) is 11.4. The lowest BCUT2D eigenvalue weighted by Gasteiger charge is -2.07. The van der Waals surface area contributed by atoms with Gasteiger partial charge in [-0.3, -0.25) is 0 Å². The highest BCUT2D eigenvalue weighted by atomic mass is 14.2. The van der Waals surface area contributed by atoms with Gasteiger partial charge in [-0.15, -0.1) is 0 Å². The molecule has 0 aromatic heterocycles. The third kappa shape index (κ3) is 13.8. The van der Waals surface area contributed by atoms with Gasteiger partial charge in [0.25, 0.3) is 0 Å². The summed E-state index contributed by atoms with van der Waals surface area (Å²) in [5.74, 6) is 1.88. The van der Waals surface area contributed by atoms with Gasteiger partial charge in [0.2, 0.25) is 0 Å². The number of rotatable bonds is 16. The normalized spacial score (nSPS) is 15.9. The van der Waals surface area contributed by atoms with E-state index in [-0.39, 0.29) is 0 Å². The maximum Gasteiger partial charge on any atom is -0.0241 e. The monoisotopic (exact) mass is 319 g/mol. The van der Waals surface area contributed by atoms with Crippen LogP contribution < -0.4 is 0 Å². The molecular formula is C23H43. The van der Waals surface area contributed by atoms with Crippen LogP contribution in [0.3, 0.4) is 0 Å². The van der Waals surface area contributed by atoms with E-state index in [0.717, 1.165) is 0 Å². The highest BCUT2D eigenvalue weighted by Gasteiger charge is 2.14. The van der Waals surface area contributed by atoms with E-state index in [1.54, 1.807) is 0 Å². The van der Waals surface area contributed by atoms with Crippen molar-refractivity contribution in [3.63, 3.8) is 0 Å². The van der Waals surface area contributed by atoms with E-state index in [4.69, 9.17) is 0 Å². The minimum atomic E-state index is 1.31. The van der Waals surface area contributed by atoms with Crippen molar-refractivity contribution in [2.45, 2.75) is 129 Å². The lowest BCUT2D eigenvalue weighted by molar-refractivity contribution is 0.577. The van der Waals surface area contributed by atoms with E-state index in [1.807, 2.05) is 5.92 Å².